The van der Waals surface area contributed by atoms with Crippen LogP contribution in [0.25, 0.3) is 0 Å². The number of sulfonamides is 1. The maximum Gasteiger partial charge on any atom is 0.270 e. The smallest absolute Gasteiger partial charge is 0.270 e. The fourth-order valence-corrected chi connectivity index (χ4v) is 4.78. The van der Waals surface area contributed by atoms with Crippen LogP contribution in [-0.4, -0.2) is 71.5 Å². The van der Waals surface area contributed by atoms with Gasteiger partial charge < -0.3 is 18.9 Å². The number of non-ortho nitro benzene ring substituents is 1. The van der Waals surface area contributed by atoms with Crippen molar-refractivity contribution in [1.29, 1.82) is 0 Å². The first-order valence-electron chi connectivity index (χ1n) is 9.77. The van der Waals surface area contributed by atoms with Crippen molar-refractivity contribution in [3.05, 3.63) is 46.0 Å². The Morgan fingerprint density at radius 3 is 2.27 bits per heavy atom. The first kappa shape index (κ1) is 24.2. The summed E-state index contributed by atoms with van der Waals surface area (Å²) in [5, 5.41) is 15.3. The second-order valence-corrected chi connectivity index (χ2v) is 8.69. The molecule has 0 atom stereocenters. The highest BCUT2D eigenvalue weighted by Crippen LogP contribution is 2.37. The first-order valence-corrected chi connectivity index (χ1v) is 11.2. The molecule has 0 radical (unpaired) electrons. The molecule has 0 spiro atoms. The first-order chi connectivity index (χ1) is 15.8. The van der Waals surface area contributed by atoms with Crippen LogP contribution in [0, 0.1) is 10.1 Å². The van der Waals surface area contributed by atoms with Gasteiger partial charge in [-0.15, -0.1) is 0 Å². The second-order valence-electron chi connectivity index (χ2n) is 6.78. The monoisotopic (exact) mass is 480 g/mol. The van der Waals surface area contributed by atoms with E-state index in [1.54, 1.807) is 12.1 Å². The van der Waals surface area contributed by atoms with Crippen LogP contribution < -0.4 is 19.6 Å². The van der Waals surface area contributed by atoms with E-state index in [1.165, 1.54) is 44.0 Å². The zero-order valence-electron chi connectivity index (χ0n) is 18.3. The number of nitro benzene ring substituents is 1. The van der Waals surface area contributed by atoms with Crippen molar-refractivity contribution in [2.45, 2.75) is 4.90 Å². The molecule has 1 fully saturated rings. The lowest BCUT2D eigenvalue weighted by Crippen LogP contribution is -2.40. The number of anilines is 1. The van der Waals surface area contributed by atoms with Crippen LogP contribution in [0.4, 0.5) is 11.4 Å². The van der Waals surface area contributed by atoms with Crippen LogP contribution in [0.5, 0.6) is 17.2 Å². The van der Waals surface area contributed by atoms with Crippen LogP contribution in [0.15, 0.2) is 40.3 Å². The molecule has 1 N–H and O–H groups in total. The molecule has 0 aromatic heterocycles. The molecule has 1 aliphatic heterocycles. The molecule has 0 bridgehead atoms. The number of rotatable bonds is 9. The number of hydrogen-bond acceptors (Lipinski definition) is 10. The van der Waals surface area contributed by atoms with E-state index < -0.39 is 14.9 Å². The van der Waals surface area contributed by atoms with Gasteiger partial charge in [0.1, 0.15) is 4.90 Å². The highest BCUT2D eigenvalue weighted by molar-refractivity contribution is 7.89. The molecule has 13 heteroatoms. The van der Waals surface area contributed by atoms with Gasteiger partial charge in [-0.1, -0.05) is 0 Å². The molecule has 3 rings (SSSR count). The molecular formula is C20H24N4O8S. The van der Waals surface area contributed by atoms with Crippen LogP contribution in [0.3, 0.4) is 0 Å². The standard InChI is InChI=1S/C20H24N4O8S/c1-29-17-10-14(11-18(30-2)20(17)31-3)13-21-22-16-5-4-15(24(25)26)12-19(16)33(27,28)23-6-8-32-9-7-23/h4-5,10-13,22H,6-9H2,1-3H3. The summed E-state index contributed by atoms with van der Waals surface area (Å²) in [5.41, 5.74) is 3.00. The zero-order valence-corrected chi connectivity index (χ0v) is 19.1. The van der Waals surface area contributed by atoms with Gasteiger partial charge in [-0.2, -0.15) is 9.41 Å². The third-order valence-corrected chi connectivity index (χ3v) is 6.79. The van der Waals surface area contributed by atoms with E-state index in [-0.39, 0.29) is 42.6 Å². The number of ether oxygens (including phenoxy) is 4. The van der Waals surface area contributed by atoms with Gasteiger partial charge in [0.15, 0.2) is 11.5 Å². The minimum absolute atomic E-state index is 0.0933. The molecule has 12 nitrogen and oxygen atoms in total. The van der Waals surface area contributed by atoms with Crippen molar-refractivity contribution in [2.75, 3.05) is 53.1 Å². The molecule has 1 heterocycles. The Bertz CT molecular complexity index is 1120. The van der Waals surface area contributed by atoms with Crippen molar-refractivity contribution in [1.82, 2.24) is 4.31 Å². The van der Waals surface area contributed by atoms with Crippen molar-refractivity contribution >= 4 is 27.6 Å². The Balaban J connectivity index is 1.94. The minimum atomic E-state index is -4.02. The fourth-order valence-electron chi connectivity index (χ4n) is 3.21. The molecule has 2 aromatic carbocycles. The summed E-state index contributed by atoms with van der Waals surface area (Å²) in [4.78, 5) is 10.3. The van der Waals surface area contributed by atoms with E-state index in [4.69, 9.17) is 18.9 Å². The predicted molar refractivity (Wildman–Crippen MR) is 120 cm³/mol. The Labute approximate surface area is 190 Å². The van der Waals surface area contributed by atoms with Gasteiger partial charge in [-0.25, -0.2) is 8.42 Å². The number of nitrogens with zero attached hydrogens (tertiary/aromatic N) is 3. The zero-order chi connectivity index (χ0) is 24.0. The topological polar surface area (TPSA) is 142 Å². The van der Waals surface area contributed by atoms with Crippen molar-refractivity contribution in [3.63, 3.8) is 0 Å². The Morgan fingerprint density at radius 2 is 1.73 bits per heavy atom. The number of nitrogens with one attached hydrogen (secondary N) is 1. The van der Waals surface area contributed by atoms with Crippen LogP contribution in [0.1, 0.15) is 5.56 Å². The summed E-state index contributed by atoms with van der Waals surface area (Å²) in [6.45, 7) is 0.796. The van der Waals surface area contributed by atoms with Gasteiger partial charge in [0.05, 0.1) is 51.4 Å². The number of methoxy groups -OCH3 is 3. The molecule has 0 aliphatic carbocycles. The largest absolute Gasteiger partial charge is 0.493 e. The van der Waals surface area contributed by atoms with Crippen molar-refractivity contribution in [2.24, 2.45) is 5.10 Å². The van der Waals surface area contributed by atoms with E-state index in [1.807, 2.05) is 0 Å². The van der Waals surface area contributed by atoms with Gasteiger partial charge >= 0.3 is 0 Å². The lowest BCUT2D eigenvalue weighted by Gasteiger charge is -2.26. The Kier molecular flexibility index (Phi) is 7.68. The van der Waals surface area contributed by atoms with E-state index >= 15 is 0 Å². The van der Waals surface area contributed by atoms with Gasteiger partial charge in [-0.3, -0.25) is 15.5 Å². The van der Waals surface area contributed by atoms with E-state index in [0.717, 1.165) is 6.07 Å². The quantitative estimate of drug-likeness (QED) is 0.324. The highest BCUT2D eigenvalue weighted by Gasteiger charge is 2.30. The number of nitro groups is 1. The lowest BCUT2D eigenvalue weighted by molar-refractivity contribution is -0.385. The average Bonchev–Trinajstić information content (AvgIpc) is 2.83. The number of hydrazone groups is 1. The van der Waals surface area contributed by atoms with Gasteiger partial charge in [0.2, 0.25) is 15.8 Å². The molecule has 0 unspecified atom stereocenters. The van der Waals surface area contributed by atoms with E-state index in [2.05, 4.69) is 10.5 Å². The molecule has 1 aliphatic rings. The normalized spacial score (nSPS) is 14.8. The van der Waals surface area contributed by atoms with Crippen LogP contribution in [0.2, 0.25) is 0 Å². The summed E-state index contributed by atoms with van der Waals surface area (Å²) in [6, 6.07) is 6.84. The minimum Gasteiger partial charge on any atom is -0.493 e. The molecule has 1 saturated heterocycles. The lowest BCUT2D eigenvalue weighted by atomic mass is 10.2. The van der Waals surface area contributed by atoms with E-state index in [9.17, 15) is 18.5 Å². The van der Waals surface area contributed by atoms with Crippen LogP contribution >= 0.6 is 0 Å². The van der Waals surface area contributed by atoms with Gasteiger partial charge in [0, 0.05) is 30.8 Å². The predicted octanol–water partition coefficient (Wildman–Crippen LogP) is 2.09. The summed E-state index contributed by atoms with van der Waals surface area (Å²) in [7, 11) is 0.433. The van der Waals surface area contributed by atoms with Crippen molar-refractivity contribution < 1.29 is 32.3 Å². The molecular weight excluding hydrogens is 456 g/mol. The Hall–Kier alpha value is -3.42. The number of hydrogen-bond donors (Lipinski definition) is 1. The summed E-state index contributed by atoms with van der Waals surface area (Å²) < 4.78 is 48.7. The number of benzene rings is 2. The maximum absolute atomic E-state index is 13.2. The highest BCUT2D eigenvalue weighted by atomic mass is 32.2. The summed E-state index contributed by atoms with van der Waals surface area (Å²) >= 11 is 0. The average molecular weight is 480 g/mol. The third-order valence-electron chi connectivity index (χ3n) is 4.85. The number of morpholine rings is 1. The Morgan fingerprint density at radius 1 is 1.09 bits per heavy atom. The molecule has 0 amide bonds. The van der Waals surface area contributed by atoms with Crippen molar-refractivity contribution in [3.8, 4) is 17.2 Å². The van der Waals surface area contributed by atoms with Crippen LogP contribution in [-0.2, 0) is 14.8 Å². The fraction of sp³-hybridized carbons (Fsp3) is 0.350. The molecule has 0 saturated carbocycles. The third kappa shape index (κ3) is 5.32. The molecule has 2 aromatic rings. The van der Waals surface area contributed by atoms with Gasteiger partial charge in [-0.05, 0) is 18.2 Å². The summed E-state index contributed by atoms with van der Waals surface area (Å²) in [5.74, 6) is 1.26. The maximum atomic E-state index is 13.2. The second kappa shape index (κ2) is 10.5. The summed E-state index contributed by atoms with van der Waals surface area (Å²) in [6.07, 6.45) is 1.43. The molecule has 178 valence electrons. The SMILES string of the molecule is COc1cc(C=NNc2ccc([N+](=O)[O-])cc2S(=O)(=O)N2CCOCC2)cc(OC)c1OC. The molecule has 33 heavy (non-hydrogen) atoms. The van der Waals surface area contributed by atoms with E-state index in [0.29, 0.717) is 22.8 Å². The van der Waals surface area contributed by atoms with Gasteiger partial charge in [0.25, 0.3) is 5.69 Å².